The van der Waals surface area contributed by atoms with Gasteiger partial charge in [-0.1, -0.05) is 6.92 Å². The van der Waals surface area contributed by atoms with Crippen LogP contribution in [0.3, 0.4) is 0 Å². The maximum absolute atomic E-state index is 5.64. The van der Waals surface area contributed by atoms with Crippen molar-refractivity contribution in [2.75, 3.05) is 13.2 Å². The van der Waals surface area contributed by atoms with Gasteiger partial charge in [0.05, 0.1) is 12.6 Å². The molecule has 82 valence electrons. The van der Waals surface area contributed by atoms with Gasteiger partial charge < -0.3 is 10.1 Å². The quantitative estimate of drug-likeness (QED) is 0.847. The van der Waals surface area contributed by atoms with E-state index in [1.165, 1.54) is 9.75 Å². The molecule has 1 N–H and O–H groups in total. The molecule has 3 heteroatoms. The first-order valence-corrected chi connectivity index (χ1v) is 6.25. The van der Waals surface area contributed by atoms with Crippen LogP contribution in [0, 0.1) is 6.92 Å². The first-order valence-electron chi connectivity index (χ1n) is 5.44. The average Bonchev–Trinajstić information content (AvgIpc) is 2.85. The lowest BCUT2D eigenvalue weighted by Gasteiger charge is -2.17. The average molecular weight is 223 g/mol. The molecule has 1 aromatic rings. The standard InChI is InChI=1S/C12H17NOS/c1-3-13-12(10-5-4-8-14-10)11-7-6-9(2)15-11/h5-7,12-13H,3-4,8H2,1-2H3. The molecule has 0 aliphatic carbocycles. The van der Waals surface area contributed by atoms with Crippen molar-refractivity contribution in [3.63, 3.8) is 0 Å². The van der Waals surface area contributed by atoms with Crippen LogP contribution in [0.15, 0.2) is 24.0 Å². The molecule has 15 heavy (non-hydrogen) atoms. The van der Waals surface area contributed by atoms with Crippen LogP contribution in [0.4, 0.5) is 0 Å². The minimum atomic E-state index is 0.260. The Morgan fingerprint density at radius 3 is 2.93 bits per heavy atom. The molecule has 0 amide bonds. The Hall–Kier alpha value is -0.800. The van der Waals surface area contributed by atoms with E-state index in [-0.39, 0.29) is 6.04 Å². The maximum Gasteiger partial charge on any atom is 0.114 e. The van der Waals surface area contributed by atoms with Crippen molar-refractivity contribution in [2.45, 2.75) is 26.3 Å². The summed E-state index contributed by atoms with van der Waals surface area (Å²) in [5, 5.41) is 3.47. The van der Waals surface area contributed by atoms with Crippen LogP contribution in [0.5, 0.6) is 0 Å². The third kappa shape index (κ3) is 2.41. The second-order valence-electron chi connectivity index (χ2n) is 3.68. The summed E-state index contributed by atoms with van der Waals surface area (Å²) in [6.07, 6.45) is 3.24. The van der Waals surface area contributed by atoms with Gasteiger partial charge in [-0.05, 0) is 31.7 Å². The van der Waals surface area contributed by atoms with E-state index in [9.17, 15) is 0 Å². The van der Waals surface area contributed by atoms with Crippen LogP contribution >= 0.6 is 11.3 Å². The first-order chi connectivity index (χ1) is 7.31. The lowest BCUT2D eigenvalue weighted by molar-refractivity contribution is 0.217. The molecule has 2 rings (SSSR count). The molecule has 1 aromatic heterocycles. The van der Waals surface area contributed by atoms with Crippen LogP contribution in [0.1, 0.15) is 29.1 Å². The van der Waals surface area contributed by atoms with Gasteiger partial charge in [0.25, 0.3) is 0 Å². The minimum absolute atomic E-state index is 0.260. The van der Waals surface area contributed by atoms with Crippen molar-refractivity contribution in [3.05, 3.63) is 33.7 Å². The molecular formula is C12H17NOS. The molecule has 1 aliphatic heterocycles. The fraction of sp³-hybridized carbons (Fsp3) is 0.500. The van der Waals surface area contributed by atoms with Crippen LogP contribution < -0.4 is 5.32 Å². The van der Waals surface area contributed by atoms with Gasteiger partial charge in [-0.25, -0.2) is 0 Å². The van der Waals surface area contributed by atoms with Gasteiger partial charge in [0.1, 0.15) is 5.76 Å². The Morgan fingerprint density at radius 2 is 2.40 bits per heavy atom. The largest absolute Gasteiger partial charge is 0.496 e. The maximum atomic E-state index is 5.64. The molecule has 1 aliphatic rings. The smallest absolute Gasteiger partial charge is 0.114 e. The molecule has 0 spiro atoms. The Bertz CT molecular complexity index is 356. The molecule has 0 saturated heterocycles. The third-order valence-corrected chi connectivity index (χ3v) is 3.54. The second kappa shape index (κ2) is 4.81. The molecule has 2 heterocycles. The third-order valence-electron chi connectivity index (χ3n) is 2.47. The summed E-state index contributed by atoms with van der Waals surface area (Å²) in [5.41, 5.74) is 0. The SMILES string of the molecule is CCNC(C1=CCCO1)c1ccc(C)s1. The van der Waals surface area contributed by atoms with Crippen LogP contribution in [-0.4, -0.2) is 13.2 Å². The predicted octanol–water partition coefficient (Wildman–Crippen LogP) is 3.01. The van der Waals surface area contributed by atoms with Gasteiger partial charge in [-0.3, -0.25) is 0 Å². The molecule has 0 saturated carbocycles. The molecule has 1 unspecified atom stereocenters. The zero-order valence-electron chi connectivity index (χ0n) is 9.25. The highest BCUT2D eigenvalue weighted by molar-refractivity contribution is 7.12. The van der Waals surface area contributed by atoms with E-state index in [0.717, 1.165) is 25.3 Å². The summed E-state index contributed by atoms with van der Waals surface area (Å²) >= 11 is 1.84. The van der Waals surface area contributed by atoms with Crippen LogP contribution in [-0.2, 0) is 4.74 Å². The van der Waals surface area contributed by atoms with E-state index in [2.05, 4.69) is 37.4 Å². The van der Waals surface area contributed by atoms with Gasteiger partial charge in [0, 0.05) is 16.2 Å². The van der Waals surface area contributed by atoms with E-state index in [0.29, 0.717) is 0 Å². The fourth-order valence-electron chi connectivity index (χ4n) is 1.79. The first kappa shape index (κ1) is 10.7. The molecule has 1 atom stereocenters. The molecule has 0 aromatic carbocycles. The van der Waals surface area contributed by atoms with Gasteiger partial charge >= 0.3 is 0 Å². The summed E-state index contributed by atoms with van der Waals surface area (Å²) in [6, 6.07) is 4.62. The molecule has 0 fully saturated rings. The number of ether oxygens (including phenoxy) is 1. The highest BCUT2D eigenvalue weighted by Gasteiger charge is 2.20. The zero-order valence-corrected chi connectivity index (χ0v) is 10.1. The number of aryl methyl sites for hydroxylation is 1. The molecule has 0 bridgehead atoms. The van der Waals surface area contributed by atoms with Crippen molar-refractivity contribution in [1.82, 2.24) is 5.32 Å². The lowest BCUT2D eigenvalue weighted by atomic mass is 10.2. The molecule has 2 nitrogen and oxygen atoms in total. The summed E-state index contributed by atoms with van der Waals surface area (Å²) in [7, 11) is 0. The van der Waals surface area contributed by atoms with Crippen molar-refractivity contribution < 1.29 is 4.74 Å². The normalized spacial score (nSPS) is 17.3. The summed E-state index contributed by atoms with van der Waals surface area (Å²) in [4.78, 5) is 2.70. The highest BCUT2D eigenvalue weighted by atomic mass is 32.1. The number of hydrogen-bond donors (Lipinski definition) is 1. The Labute approximate surface area is 95.0 Å². The van der Waals surface area contributed by atoms with Crippen molar-refractivity contribution >= 4 is 11.3 Å². The monoisotopic (exact) mass is 223 g/mol. The van der Waals surface area contributed by atoms with E-state index in [1.807, 2.05) is 11.3 Å². The van der Waals surface area contributed by atoms with E-state index in [1.54, 1.807) is 0 Å². The fourth-order valence-corrected chi connectivity index (χ4v) is 2.75. The highest BCUT2D eigenvalue weighted by Crippen LogP contribution is 2.30. The van der Waals surface area contributed by atoms with E-state index < -0.39 is 0 Å². The second-order valence-corrected chi connectivity index (χ2v) is 5.00. The van der Waals surface area contributed by atoms with Gasteiger partial charge in [-0.15, -0.1) is 11.3 Å². The summed E-state index contributed by atoms with van der Waals surface area (Å²) in [5.74, 6) is 1.10. The number of rotatable bonds is 4. The lowest BCUT2D eigenvalue weighted by Crippen LogP contribution is -2.22. The van der Waals surface area contributed by atoms with Gasteiger partial charge in [0.15, 0.2) is 0 Å². The van der Waals surface area contributed by atoms with E-state index in [4.69, 9.17) is 4.74 Å². The number of thiophene rings is 1. The Morgan fingerprint density at radius 1 is 1.53 bits per heavy atom. The van der Waals surface area contributed by atoms with Crippen molar-refractivity contribution in [3.8, 4) is 0 Å². The number of hydrogen-bond acceptors (Lipinski definition) is 3. The molecule has 0 radical (unpaired) electrons. The Kier molecular flexibility index (Phi) is 3.44. The number of likely N-dealkylation sites (N-methyl/N-ethyl adjacent to an activating group) is 1. The van der Waals surface area contributed by atoms with Gasteiger partial charge in [0.2, 0.25) is 0 Å². The minimum Gasteiger partial charge on any atom is -0.496 e. The van der Waals surface area contributed by atoms with Crippen LogP contribution in [0.2, 0.25) is 0 Å². The van der Waals surface area contributed by atoms with Crippen LogP contribution in [0.25, 0.3) is 0 Å². The summed E-state index contributed by atoms with van der Waals surface area (Å²) < 4.78 is 5.64. The van der Waals surface area contributed by atoms with E-state index >= 15 is 0 Å². The topological polar surface area (TPSA) is 21.3 Å². The predicted molar refractivity (Wildman–Crippen MR) is 64.1 cm³/mol. The van der Waals surface area contributed by atoms with Crippen molar-refractivity contribution in [1.29, 1.82) is 0 Å². The molecular weight excluding hydrogens is 206 g/mol. The Balaban J connectivity index is 2.18. The number of nitrogens with one attached hydrogen (secondary N) is 1. The van der Waals surface area contributed by atoms with Gasteiger partial charge in [-0.2, -0.15) is 0 Å². The van der Waals surface area contributed by atoms with Crippen molar-refractivity contribution in [2.24, 2.45) is 0 Å². The zero-order chi connectivity index (χ0) is 10.7. The summed E-state index contributed by atoms with van der Waals surface area (Å²) in [6.45, 7) is 6.06.